The van der Waals surface area contributed by atoms with E-state index in [-0.39, 0.29) is 31.1 Å². The fraction of sp³-hybridized carbons (Fsp3) is 0.375. The van der Waals surface area contributed by atoms with E-state index in [9.17, 15) is 18.0 Å². The van der Waals surface area contributed by atoms with Crippen molar-refractivity contribution in [2.45, 2.75) is 57.9 Å². The number of rotatable bonds is 6. The van der Waals surface area contributed by atoms with Crippen molar-refractivity contribution in [1.29, 1.82) is 0 Å². The van der Waals surface area contributed by atoms with Gasteiger partial charge in [-0.25, -0.2) is 4.68 Å². The molecular formula is C24H26F3N5O. The Hall–Kier alpha value is -3.36. The summed E-state index contributed by atoms with van der Waals surface area (Å²) in [5.41, 5.74) is 4.04. The van der Waals surface area contributed by atoms with Gasteiger partial charge in [0.25, 0.3) is 0 Å². The number of alkyl halides is 3. The number of halogens is 3. The Labute approximate surface area is 190 Å². The van der Waals surface area contributed by atoms with Crippen LogP contribution in [-0.2, 0) is 24.2 Å². The first-order valence-corrected chi connectivity index (χ1v) is 10.9. The van der Waals surface area contributed by atoms with Crippen LogP contribution in [0.2, 0.25) is 0 Å². The summed E-state index contributed by atoms with van der Waals surface area (Å²) < 4.78 is 42.5. The minimum atomic E-state index is -4.46. The number of benzene rings is 1. The van der Waals surface area contributed by atoms with Crippen LogP contribution in [0.3, 0.4) is 0 Å². The van der Waals surface area contributed by atoms with Crippen molar-refractivity contribution < 1.29 is 18.0 Å². The molecule has 3 heterocycles. The van der Waals surface area contributed by atoms with Crippen molar-refractivity contribution in [2.75, 3.05) is 5.32 Å². The molecule has 174 valence electrons. The number of carbonyl (C=O) groups is 1. The summed E-state index contributed by atoms with van der Waals surface area (Å²) in [7, 11) is 0. The summed E-state index contributed by atoms with van der Waals surface area (Å²) in [5.74, 6) is -0.0790. The van der Waals surface area contributed by atoms with Gasteiger partial charge in [-0.15, -0.1) is 0 Å². The topological polar surface area (TPSA) is 71.8 Å². The quantitative estimate of drug-likeness (QED) is 0.565. The maximum absolute atomic E-state index is 13.9. The molecule has 3 aromatic rings. The molecule has 0 spiro atoms. The van der Waals surface area contributed by atoms with E-state index in [0.29, 0.717) is 11.3 Å². The second-order valence-corrected chi connectivity index (χ2v) is 8.33. The number of anilines is 1. The van der Waals surface area contributed by atoms with Crippen LogP contribution in [0, 0.1) is 6.92 Å². The summed E-state index contributed by atoms with van der Waals surface area (Å²) >= 11 is 0. The van der Waals surface area contributed by atoms with Gasteiger partial charge in [-0.2, -0.15) is 18.3 Å². The molecule has 2 aromatic heterocycles. The molecule has 4 rings (SSSR count). The van der Waals surface area contributed by atoms with Crippen LogP contribution in [0.1, 0.15) is 53.4 Å². The first kappa shape index (κ1) is 22.8. The molecule has 6 nitrogen and oxygen atoms in total. The second-order valence-electron chi connectivity index (χ2n) is 8.33. The molecule has 0 saturated heterocycles. The van der Waals surface area contributed by atoms with Gasteiger partial charge in [0.1, 0.15) is 5.82 Å². The summed E-state index contributed by atoms with van der Waals surface area (Å²) in [4.78, 5) is 16.8. The molecule has 1 aliphatic heterocycles. The number of hydrogen-bond donors (Lipinski definition) is 2. The fourth-order valence-electron chi connectivity index (χ4n) is 3.97. The smallest absolute Gasteiger partial charge is 0.363 e. The van der Waals surface area contributed by atoms with E-state index in [1.807, 2.05) is 50.2 Å². The number of carbonyl (C=O) groups excluding carboxylic acids is 1. The van der Waals surface area contributed by atoms with Crippen molar-refractivity contribution in [3.05, 3.63) is 76.7 Å². The SMILES string of the molecule is CCc1ccc([C@H]2C[C@@H](C(F)(F)F)n3ncc(CC(=O)NCc4ccc(C)cn4)c3N2)cc1. The molecule has 0 saturated carbocycles. The lowest BCUT2D eigenvalue weighted by Crippen LogP contribution is -2.36. The molecule has 1 amide bonds. The highest BCUT2D eigenvalue weighted by atomic mass is 19.4. The van der Waals surface area contributed by atoms with Crippen LogP contribution < -0.4 is 10.6 Å². The van der Waals surface area contributed by atoms with Gasteiger partial charge in [-0.1, -0.05) is 37.3 Å². The largest absolute Gasteiger partial charge is 0.410 e. The highest BCUT2D eigenvalue weighted by Gasteiger charge is 2.46. The third kappa shape index (κ3) is 5.18. The van der Waals surface area contributed by atoms with Crippen molar-refractivity contribution in [2.24, 2.45) is 0 Å². The van der Waals surface area contributed by atoms with E-state index in [1.165, 1.54) is 6.20 Å². The highest BCUT2D eigenvalue weighted by molar-refractivity contribution is 5.80. The van der Waals surface area contributed by atoms with Crippen LogP contribution in [0.5, 0.6) is 0 Å². The molecule has 2 atom stereocenters. The molecule has 0 bridgehead atoms. The number of amides is 1. The number of aromatic nitrogens is 3. The van der Waals surface area contributed by atoms with E-state index in [1.54, 1.807) is 6.20 Å². The van der Waals surface area contributed by atoms with Crippen LogP contribution in [0.25, 0.3) is 0 Å². The number of aryl methyl sites for hydroxylation is 2. The summed E-state index contributed by atoms with van der Waals surface area (Å²) in [6.45, 7) is 4.19. The van der Waals surface area contributed by atoms with E-state index in [4.69, 9.17) is 0 Å². The first-order valence-electron chi connectivity index (χ1n) is 10.9. The molecule has 0 aliphatic carbocycles. The summed E-state index contributed by atoms with van der Waals surface area (Å²) in [6.07, 6.45) is -0.805. The average Bonchev–Trinajstić information content (AvgIpc) is 3.20. The van der Waals surface area contributed by atoms with Gasteiger partial charge in [0.2, 0.25) is 5.91 Å². The van der Waals surface area contributed by atoms with E-state index >= 15 is 0 Å². The Morgan fingerprint density at radius 2 is 1.94 bits per heavy atom. The maximum atomic E-state index is 13.9. The van der Waals surface area contributed by atoms with Crippen LogP contribution in [0.4, 0.5) is 19.0 Å². The maximum Gasteiger partial charge on any atom is 0.410 e. The molecule has 1 aromatic carbocycles. The van der Waals surface area contributed by atoms with Crippen molar-refractivity contribution in [3.8, 4) is 0 Å². The molecule has 0 radical (unpaired) electrons. The summed E-state index contributed by atoms with van der Waals surface area (Å²) in [6, 6.07) is 8.99. The molecule has 0 unspecified atom stereocenters. The van der Waals surface area contributed by atoms with Crippen molar-refractivity contribution in [1.82, 2.24) is 20.1 Å². The third-order valence-corrected chi connectivity index (χ3v) is 5.89. The van der Waals surface area contributed by atoms with E-state index < -0.39 is 18.3 Å². The number of hydrogen-bond acceptors (Lipinski definition) is 4. The van der Waals surface area contributed by atoms with Gasteiger partial charge in [0, 0.05) is 18.2 Å². The van der Waals surface area contributed by atoms with Gasteiger partial charge in [0.05, 0.1) is 30.9 Å². The second kappa shape index (κ2) is 9.25. The average molecular weight is 458 g/mol. The van der Waals surface area contributed by atoms with Crippen LogP contribution in [0.15, 0.2) is 48.8 Å². The minimum absolute atomic E-state index is 0.0831. The predicted octanol–water partition coefficient (Wildman–Crippen LogP) is 4.67. The van der Waals surface area contributed by atoms with E-state index in [0.717, 1.165) is 27.8 Å². The molecule has 9 heteroatoms. The van der Waals surface area contributed by atoms with Gasteiger partial charge in [0.15, 0.2) is 6.04 Å². The predicted molar refractivity (Wildman–Crippen MR) is 119 cm³/mol. The Balaban J connectivity index is 1.53. The fourth-order valence-corrected chi connectivity index (χ4v) is 3.97. The molecule has 2 N–H and O–H groups in total. The van der Waals surface area contributed by atoms with Gasteiger partial charge >= 0.3 is 6.18 Å². The van der Waals surface area contributed by atoms with Gasteiger partial charge in [-0.05, 0) is 36.1 Å². The zero-order valence-electron chi connectivity index (χ0n) is 18.5. The highest BCUT2D eigenvalue weighted by Crippen LogP contribution is 2.44. The first-order chi connectivity index (χ1) is 15.7. The number of nitrogens with zero attached hydrogens (tertiary/aromatic N) is 3. The molecular weight excluding hydrogens is 431 g/mol. The van der Waals surface area contributed by atoms with E-state index in [2.05, 4.69) is 20.7 Å². The Kier molecular flexibility index (Phi) is 6.40. The van der Waals surface area contributed by atoms with Crippen molar-refractivity contribution in [3.63, 3.8) is 0 Å². The van der Waals surface area contributed by atoms with Gasteiger partial charge < -0.3 is 10.6 Å². The lowest BCUT2D eigenvalue weighted by molar-refractivity contribution is -0.173. The number of fused-ring (bicyclic) bond motifs is 1. The third-order valence-electron chi connectivity index (χ3n) is 5.89. The number of pyridine rings is 1. The minimum Gasteiger partial charge on any atom is -0.363 e. The lowest BCUT2D eigenvalue weighted by Gasteiger charge is -2.34. The lowest BCUT2D eigenvalue weighted by atomic mass is 9.95. The normalized spacial score (nSPS) is 17.8. The Morgan fingerprint density at radius 3 is 2.58 bits per heavy atom. The molecule has 33 heavy (non-hydrogen) atoms. The Morgan fingerprint density at radius 1 is 1.18 bits per heavy atom. The summed E-state index contributed by atoms with van der Waals surface area (Å²) in [5, 5.41) is 9.95. The zero-order chi connectivity index (χ0) is 23.6. The van der Waals surface area contributed by atoms with Crippen molar-refractivity contribution >= 4 is 11.7 Å². The standard InChI is InChI=1S/C24H26F3N5O/c1-3-16-5-7-17(8-6-16)20-11-21(24(25,26)27)32-23(31-20)18(13-30-32)10-22(33)29-14-19-9-4-15(2)12-28-19/h4-9,12-13,20-21,31H,3,10-11,14H2,1-2H3,(H,29,33)/t20-,21+/m1/s1. The van der Waals surface area contributed by atoms with Gasteiger partial charge in [-0.3, -0.25) is 9.78 Å². The molecule has 0 fully saturated rings. The zero-order valence-corrected chi connectivity index (χ0v) is 18.5. The van der Waals surface area contributed by atoms with Crippen LogP contribution in [-0.4, -0.2) is 26.8 Å². The number of nitrogens with one attached hydrogen (secondary N) is 2. The molecule has 1 aliphatic rings. The Bertz CT molecular complexity index is 1110. The van der Waals surface area contributed by atoms with Crippen LogP contribution >= 0.6 is 0 Å². The monoisotopic (exact) mass is 457 g/mol.